The molecule has 1 unspecified atom stereocenters. The summed E-state index contributed by atoms with van der Waals surface area (Å²) in [4.78, 5) is 8.67. The van der Waals surface area contributed by atoms with Gasteiger partial charge in [-0.2, -0.15) is 0 Å². The minimum Gasteiger partial charge on any atom is -0.381 e. The van der Waals surface area contributed by atoms with Crippen molar-refractivity contribution in [3.63, 3.8) is 0 Å². The minimum atomic E-state index is -0.786. The van der Waals surface area contributed by atoms with E-state index in [1.165, 1.54) is 0 Å². The molecule has 1 aromatic carbocycles. The summed E-state index contributed by atoms with van der Waals surface area (Å²) in [5, 5.41) is 3.08. The van der Waals surface area contributed by atoms with Crippen molar-refractivity contribution < 1.29 is 4.21 Å². The highest BCUT2D eigenvalue weighted by atomic mass is 32.2. The summed E-state index contributed by atoms with van der Waals surface area (Å²) in [5.74, 6) is 2.18. The number of nitrogens with zero attached hydrogens (tertiary/aromatic N) is 2. The number of nitrogen functional groups attached to an aromatic ring is 1. The van der Waals surface area contributed by atoms with Crippen LogP contribution in [0.4, 0.5) is 11.6 Å². The number of nitrogens with one attached hydrogen (secondary N) is 1. The van der Waals surface area contributed by atoms with Gasteiger partial charge in [0, 0.05) is 28.9 Å². The second-order valence-electron chi connectivity index (χ2n) is 3.81. The molecule has 18 heavy (non-hydrogen) atoms. The Balaban J connectivity index is 2.13. The van der Waals surface area contributed by atoms with E-state index in [1.807, 2.05) is 31.2 Å². The van der Waals surface area contributed by atoms with Crippen molar-refractivity contribution in [3.8, 4) is 0 Å². The molecule has 0 saturated carbocycles. The van der Waals surface area contributed by atoms with Crippen molar-refractivity contribution >= 4 is 33.5 Å². The number of nitrogens with two attached hydrogens (primary N) is 1. The number of fused-ring (bicyclic) bond motifs is 1. The summed E-state index contributed by atoms with van der Waals surface area (Å²) < 4.78 is 11.3. The van der Waals surface area contributed by atoms with E-state index in [4.69, 9.17) is 5.73 Å². The summed E-state index contributed by atoms with van der Waals surface area (Å²) in [7, 11) is -0.786. The van der Waals surface area contributed by atoms with Gasteiger partial charge in [0.25, 0.3) is 0 Å². The maximum Gasteiger partial charge on any atom is 0.169 e. The zero-order valence-electron chi connectivity index (χ0n) is 10.2. The van der Waals surface area contributed by atoms with Gasteiger partial charge in [-0.25, -0.2) is 9.97 Å². The average molecular weight is 264 g/mol. The maximum atomic E-state index is 11.3. The van der Waals surface area contributed by atoms with Gasteiger partial charge in [-0.05, 0) is 12.1 Å². The van der Waals surface area contributed by atoms with Gasteiger partial charge in [0.05, 0.1) is 11.0 Å². The highest BCUT2D eigenvalue weighted by Crippen LogP contribution is 2.17. The van der Waals surface area contributed by atoms with Crippen molar-refractivity contribution in [2.75, 3.05) is 29.1 Å². The third-order valence-electron chi connectivity index (χ3n) is 2.54. The zero-order valence-corrected chi connectivity index (χ0v) is 11.0. The third kappa shape index (κ3) is 2.95. The highest BCUT2D eigenvalue weighted by Gasteiger charge is 2.05. The summed E-state index contributed by atoms with van der Waals surface area (Å²) in [6.45, 7) is 2.48. The molecule has 0 spiro atoms. The van der Waals surface area contributed by atoms with Gasteiger partial charge in [0.15, 0.2) is 11.6 Å². The predicted molar refractivity (Wildman–Crippen MR) is 76.0 cm³/mol. The first-order chi connectivity index (χ1) is 8.70. The van der Waals surface area contributed by atoms with E-state index in [-0.39, 0.29) is 0 Å². The fourth-order valence-corrected chi connectivity index (χ4v) is 2.19. The quantitative estimate of drug-likeness (QED) is 0.853. The van der Waals surface area contributed by atoms with Crippen LogP contribution in [-0.2, 0) is 10.8 Å². The molecule has 0 fully saturated rings. The summed E-state index contributed by atoms with van der Waals surface area (Å²) in [6, 6.07) is 7.56. The molecule has 96 valence electrons. The monoisotopic (exact) mass is 264 g/mol. The number of hydrogen-bond acceptors (Lipinski definition) is 5. The molecule has 1 heterocycles. The standard InChI is InChI=1S/C12H16N4OS/c1-2-18(17)8-7-14-12-11(13)15-9-5-3-4-6-10(9)16-12/h3-6H,2,7-8H2,1H3,(H2,13,15)(H,14,16). The molecule has 0 aliphatic carbocycles. The fourth-order valence-electron chi connectivity index (χ4n) is 1.57. The number of aromatic nitrogens is 2. The number of rotatable bonds is 5. The molecule has 5 nitrogen and oxygen atoms in total. The van der Waals surface area contributed by atoms with Gasteiger partial charge < -0.3 is 11.1 Å². The van der Waals surface area contributed by atoms with Gasteiger partial charge in [-0.15, -0.1) is 0 Å². The van der Waals surface area contributed by atoms with E-state index >= 15 is 0 Å². The van der Waals surface area contributed by atoms with Gasteiger partial charge >= 0.3 is 0 Å². The molecule has 0 amide bonds. The number of anilines is 2. The van der Waals surface area contributed by atoms with E-state index < -0.39 is 10.8 Å². The van der Waals surface area contributed by atoms with Crippen LogP contribution in [0.1, 0.15) is 6.92 Å². The van der Waals surface area contributed by atoms with Crippen LogP contribution in [0.2, 0.25) is 0 Å². The van der Waals surface area contributed by atoms with Crippen LogP contribution in [-0.4, -0.2) is 32.2 Å². The first-order valence-corrected chi connectivity index (χ1v) is 7.30. The molecule has 1 aromatic heterocycles. The maximum absolute atomic E-state index is 11.3. The third-order valence-corrected chi connectivity index (χ3v) is 3.85. The number of para-hydroxylation sites is 2. The van der Waals surface area contributed by atoms with Crippen LogP contribution in [0.15, 0.2) is 24.3 Å². The zero-order chi connectivity index (χ0) is 13.0. The van der Waals surface area contributed by atoms with Crippen molar-refractivity contribution in [3.05, 3.63) is 24.3 Å². The molecule has 6 heteroatoms. The van der Waals surface area contributed by atoms with Gasteiger partial charge in [-0.1, -0.05) is 19.1 Å². The molecular weight excluding hydrogens is 248 g/mol. The Morgan fingerprint density at radius 3 is 2.61 bits per heavy atom. The van der Waals surface area contributed by atoms with E-state index in [1.54, 1.807) is 0 Å². The van der Waals surface area contributed by atoms with Crippen LogP contribution in [0, 0.1) is 0 Å². The lowest BCUT2D eigenvalue weighted by Crippen LogP contribution is -2.14. The topological polar surface area (TPSA) is 80.9 Å². The predicted octanol–water partition coefficient (Wildman–Crippen LogP) is 1.39. The molecule has 0 radical (unpaired) electrons. The van der Waals surface area contributed by atoms with Crippen molar-refractivity contribution in [2.24, 2.45) is 0 Å². The second-order valence-corrected chi connectivity index (χ2v) is 5.67. The van der Waals surface area contributed by atoms with Crippen LogP contribution in [0.5, 0.6) is 0 Å². The molecule has 0 aliphatic rings. The largest absolute Gasteiger partial charge is 0.381 e. The normalized spacial score (nSPS) is 12.5. The van der Waals surface area contributed by atoms with Crippen molar-refractivity contribution in [1.82, 2.24) is 9.97 Å². The molecule has 1 atom stereocenters. The summed E-state index contributed by atoms with van der Waals surface area (Å²) in [6.07, 6.45) is 0. The van der Waals surface area contributed by atoms with Gasteiger partial charge in [-0.3, -0.25) is 4.21 Å². The van der Waals surface area contributed by atoms with Crippen molar-refractivity contribution in [2.45, 2.75) is 6.92 Å². The van der Waals surface area contributed by atoms with Gasteiger partial charge in [0.1, 0.15) is 0 Å². The smallest absolute Gasteiger partial charge is 0.169 e. The molecule has 0 saturated heterocycles. The number of benzene rings is 1. The lowest BCUT2D eigenvalue weighted by atomic mass is 10.3. The van der Waals surface area contributed by atoms with Crippen molar-refractivity contribution in [1.29, 1.82) is 0 Å². The average Bonchev–Trinajstić information content (AvgIpc) is 2.39. The molecule has 2 aromatic rings. The first-order valence-electron chi connectivity index (χ1n) is 5.82. The number of hydrogen-bond donors (Lipinski definition) is 2. The lowest BCUT2D eigenvalue weighted by Gasteiger charge is -2.08. The van der Waals surface area contributed by atoms with Crippen LogP contribution >= 0.6 is 0 Å². The molecular formula is C12H16N4OS. The van der Waals surface area contributed by atoms with E-state index in [0.717, 1.165) is 11.0 Å². The molecule has 0 bridgehead atoms. The highest BCUT2D eigenvalue weighted by molar-refractivity contribution is 7.84. The van der Waals surface area contributed by atoms with E-state index in [2.05, 4.69) is 15.3 Å². The van der Waals surface area contributed by atoms with E-state index in [9.17, 15) is 4.21 Å². The first kappa shape index (κ1) is 12.8. The summed E-state index contributed by atoms with van der Waals surface area (Å²) in [5.41, 5.74) is 7.40. The van der Waals surface area contributed by atoms with Crippen LogP contribution in [0.3, 0.4) is 0 Å². The summed E-state index contributed by atoms with van der Waals surface area (Å²) >= 11 is 0. The minimum absolute atomic E-state index is 0.371. The van der Waals surface area contributed by atoms with Crippen LogP contribution in [0.25, 0.3) is 11.0 Å². The Morgan fingerprint density at radius 1 is 1.28 bits per heavy atom. The Bertz CT molecular complexity index is 573. The lowest BCUT2D eigenvalue weighted by molar-refractivity contribution is 0.684. The van der Waals surface area contributed by atoms with Crippen LogP contribution < -0.4 is 11.1 Å². The SMILES string of the molecule is CCS(=O)CCNc1nc2ccccc2nc1N. The Labute approximate surface area is 108 Å². The second kappa shape index (κ2) is 5.77. The Hall–Kier alpha value is -1.69. The van der Waals surface area contributed by atoms with E-state index in [0.29, 0.717) is 29.7 Å². The Kier molecular flexibility index (Phi) is 4.09. The molecule has 3 N–H and O–H groups in total. The molecule has 0 aliphatic heterocycles. The molecule has 2 rings (SSSR count). The Morgan fingerprint density at radius 2 is 1.94 bits per heavy atom. The fraction of sp³-hybridized carbons (Fsp3) is 0.333. The van der Waals surface area contributed by atoms with Gasteiger partial charge in [0.2, 0.25) is 0 Å².